The zero-order valence-corrected chi connectivity index (χ0v) is 12.7. The number of hydrogen-bond donors (Lipinski definition) is 0. The molecule has 0 fully saturated rings. The Balaban J connectivity index is 1.96. The van der Waals surface area contributed by atoms with E-state index in [0.29, 0.717) is 17.9 Å². The fraction of sp³-hybridized carbons (Fsp3) is 0.333. The summed E-state index contributed by atoms with van der Waals surface area (Å²) < 4.78 is 7.16. The van der Waals surface area contributed by atoms with E-state index in [1.807, 2.05) is 51.2 Å². The Morgan fingerprint density at radius 3 is 2.60 bits per heavy atom. The molecule has 5 heteroatoms. The molecule has 0 atom stereocenters. The normalized spacial score (nSPS) is 10.6. The first-order valence-electron chi connectivity index (χ1n) is 6.49. The molecule has 106 valence electrons. The Bertz CT molecular complexity index is 590. The SMILES string of the molecule is CCOc1ccc(C(=O)CSc2cc(C)nn2C)cc1. The smallest absolute Gasteiger partial charge is 0.173 e. The third-order valence-corrected chi connectivity index (χ3v) is 3.88. The highest BCUT2D eigenvalue weighted by Crippen LogP contribution is 2.20. The molecule has 0 radical (unpaired) electrons. The molecule has 0 saturated heterocycles. The number of thioether (sulfide) groups is 1. The number of aryl methyl sites for hydroxylation is 2. The third kappa shape index (κ3) is 3.63. The van der Waals surface area contributed by atoms with E-state index in [0.717, 1.165) is 16.5 Å². The Hall–Kier alpha value is -1.75. The predicted molar refractivity (Wildman–Crippen MR) is 80.6 cm³/mol. The first-order valence-corrected chi connectivity index (χ1v) is 7.48. The van der Waals surface area contributed by atoms with Gasteiger partial charge in [-0.15, -0.1) is 0 Å². The van der Waals surface area contributed by atoms with Gasteiger partial charge in [-0.3, -0.25) is 9.48 Å². The molecule has 0 aliphatic carbocycles. The molecule has 1 heterocycles. The molecule has 2 aromatic rings. The fourth-order valence-electron chi connectivity index (χ4n) is 1.85. The van der Waals surface area contributed by atoms with Crippen molar-refractivity contribution in [1.29, 1.82) is 0 Å². The van der Waals surface area contributed by atoms with Crippen molar-refractivity contribution in [3.05, 3.63) is 41.6 Å². The fourth-order valence-corrected chi connectivity index (χ4v) is 2.78. The number of hydrogen-bond acceptors (Lipinski definition) is 4. The molecule has 0 unspecified atom stereocenters. The molecule has 2 rings (SSSR count). The molecule has 20 heavy (non-hydrogen) atoms. The summed E-state index contributed by atoms with van der Waals surface area (Å²) >= 11 is 1.50. The lowest BCUT2D eigenvalue weighted by Crippen LogP contribution is -2.03. The standard InChI is InChI=1S/C15H18N2O2S/c1-4-19-13-7-5-12(6-8-13)14(18)10-20-15-9-11(2)16-17(15)3/h5-9H,4,10H2,1-3H3. The zero-order valence-electron chi connectivity index (χ0n) is 11.9. The topological polar surface area (TPSA) is 44.1 Å². The molecule has 0 spiro atoms. The highest BCUT2D eigenvalue weighted by molar-refractivity contribution is 7.99. The van der Waals surface area contributed by atoms with Crippen molar-refractivity contribution in [3.8, 4) is 5.75 Å². The van der Waals surface area contributed by atoms with Gasteiger partial charge < -0.3 is 4.74 Å². The van der Waals surface area contributed by atoms with Crippen LogP contribution in [0, 0.1) is 6.92 Å². The van der Waals surface area contributed by atoms with Crippen molar-refractivity contribution in [2.24, 2.45) is 7.05 Å². The molecule has 1 aromatic heterocycles. The average molecular weight is 290 g/mol. The van der Waals surface area contributed by atoms with Gasteiger partial charge in [0, 0.05) is 12.6 Å². The van der Waals surface area contributed by atoms with Crippen molar-refractivity contribution >= 4 is 17.5 Å². The zero-order chi connectivity index (χ0) is 14.5. The number of ether oxygens (including phenoxy) is 1. The van der Waals surface area contributed by atoms with Gasteiger partial charge in [0.15, 0.2) is 5.78 Å². The van der Waals surface area contributed by atoms with E-state index in [9.17, 15) is 4.79 Å². The van der Waals surface area contributed by atoms with Crippen LogP contribution in [0.25, 0.3) is 0 Å². The van der Waals surface area contributed by atoms with Crippen LogP contribution in [-0.2, 0) is 7.05 Å². The van der Waals surface area contributed by atoms with Crippen molar-refractivity contribution in [3.63, 3.8) is 0 Å². The second-order valence-corrected chi connectivity index (χ2v) is 5.41. The Morgan fingerprint density at radius 1 is 1.35 bits per heavy atom. The van der Waals surface area contributed by atoms with Crippen LogP contribution in [0.5, 0.6) is 5.75 Å². The molecular weight excluding hydrogens is 272 g/mol. The van der Waals surface area contributed by atoms with Crippen molar-refractivity contribution in [2.45, 2.75) is 18.9 Å². The van der Waals surface area contributed by atoms with Crippen LogP contribution >= 0.6 is 11.8 Å². The van der Waals surface area contributed by atoms with Gasteiger partial charge in [-0.1, -0.05) is 11.8 Å². The van der Waals surface area contributed by atoms with Crippen molar-refractivity contribution in [2.75, 3.05) is 12.4 Å². The molecule has 0 aliphatic rings. The van der Waals surface area contributed by atoms with E-state index < -0.39 is 0 Å². The van der Waals surface area contributed by atoms with Crippen LogP contribution in [0.15, 0.2) is 35.4 Å². The van der Waals surface area contributed by atoms with Crippen LogP contribution in [0.3, 0.4) is 0 Å². The Morgan fingerprint density at radius 2 is 2.05 bits per heavy atom. The Kier molecular flexibility index (Phi) is 4.84. The maximum absolute atomic E-state index is 12.1. The number of nitrogens with zero attached hydrogens (tertiary/aromatic N) is 2. The largest absolute Gasteiger partial charge is 0.494 e. The molecule has 0 amide bonds. The number of carbonyl (C=O) groups excluding carboxylic acids is 1. The lowest BCUT2D eigenvalue weighted by molar-refractivity contribution is 0.102. The maximum Gasteiger partial charge on any atom is 0.173 e. The number of aromatic nitrogens is 2. The van der Waals surface area contributed by atoms with Crippen molar-refractivity contribution < 1.29 is 9.53 Å². The summed E-state index contributed by atoms with van der Waals surface area (Å²) in [6.45, 7) is 4.51. The third-order valence-electron chi connectivity index (χ3n) is 2.80. The molecule has 4 nitrogen and oxygen atoms in total. The minimum Gasteiger partial charge on any atom is -0.494 e. The molecular formula is C15H18N2O2S. The summed E-state index contributed by atoms with van der Waals surface area (Å²) in [5, 5.41) is 5.26. The van der Waals surface area contributed by atoms with Crippen LogP contribution in [-0.4, -0.2) is 27.9 Å². The number of benzene rings is 1. The summed E-state index contributed by atoms with van der Waals surface area (Å²) in [5.74, 6) is 1.31. The molecule has 0 N–H and O–H groups in total. The van der Waals surface area contributed by atoms with Gasteiger partial charge in [0.2, 0.25) is 0 Å². The van der Waals surface area contributed by atoms with E-state index in [4.69, 9.17) is 4.74 Å². The van der Waals surface area contributed by atoms with E-state index >= 15 is 0 Å². The van der Waals surface area contributed by atoms with Gasteiger partial charge in [-0.25, -0.2) is 0 Å². The average Bonchev–Trinajstić information content (AvgIpc) is 2.75. The quantitative estimate of drug-likeness (QED) is 0.606. The van der Waals surface area contributed by atoms with Gasteiger partial charge in [0.25, 0.3) is 0 Å². The van der Waals surface area contributed by atoms with E-state index in [1.165, 1.54) is 11.8 Å². The number of Topliss-reactive ketones (excluding diaryl/α,β-unsaturated/α-hetero) is 1. The Labute approximate surface area is 123 Å². The maximum atomic E-state index is 12.1. The van der Waals surface area contributed by atoms with Crippen molar-refractivity contribution in [1.82, 2.24) is 9.78 Å². The monoisotopic (exact) mass is 290 g/mol. The van der Waals surface area contributed by atoms with Crippen LogP contribution in [0.4, 0.5) is 0 Å². The summed E-state index contributed by atoms with van der Waals surface area (Å²) in [5.41, 5.74) is 1.67. The summed E-state index contributed by atoms with van der Waals surface area (Å²) in [4.78, 5) is 12.1. The van der Waals surface area contributed by atoms with Gasteiger partial charge in [-0.05, 0) is 44.2 Å². The highest BCUT2D eigenvalue weighted by Gasteiger charge is 2.09. The predicted octanol–water partition coefficient (Wildman–Crippen LogP) is 3.10. The first kappa shape index (κ1) is 14.7. The van der Waals surface area contributed by atoms with Crippen LogP contribution in [0.2, 0.25) is 0 Å². The summed E-state index contributed by atoms with van der Waals surface area (Å²) in [6, 6.07) is 9.26. The molecule has 1 aromatic carbocycles. The minimum atomic E-state index is 0.108. The van der Waals surface area contributed by atoms with E-state index in [2.05, 4.69) is 5.10 Å². The number of rotatable bonds is 6. The lowest BCUT2D eigenvalue weighted by atomic mass is 10.1. The molecule has 0 saturated carbocycles. The highest BCUT2D eigenvalue weighted by atomic mass is 32.2. The van der Waals surface area contributed by atoms with Gasteiger partial charge in [0.1, 0.15) is 5.75 Å². The second-order valence-electron chi connectivity index (χ2n) is 4.42. The number of ketones is 1. The van der Waals surface area contributed by atoms with E-state index in [1.54, 1.807) is 4.68 Å². The van der Waals surface area contributed by atoms with Crippen LogP contribution in [0.1, 0.15) is 23.0 Å². The molecule has 0 aliphatic heterocycles. The minimum absolute atomic E-state index is 0.108. The number of carbonyl (C=O) groups is 1. The lowest BCUT2D eigenvalue weighted by Gasteiger charge is -2.04. The summed E-state index contributed by atoms with van der Waals surface area (Å²) in [6.07, 6.45) is 0. The summed E-state index contributed by atoms with van der Waals surface area (Å²) in [7, 11) is 1.89. The van der Waals surface area contributed by atoms with Crippen LogP contribution < -0.4 is 4.74 Å². The van der Waals surface area contributed by atoms with Gasteiger partial charge in [-0.2, -0.15) is 5.10 Å². The second kappa shape index (κ2) is 6.61. The van der Waals surface area contributed by atoms with Gasteiger partial charge in [0.05, 0.1) is 23.1 Å². The molecule has 0 bridgehead atoms. The van der Waals surface area contributed by atoms with E-state index in [-0.39, 0.29) is 5.78 Å². The first-order chi connectivity index (χ1) is 9.60. The van der Waals surface area contributed by atoms with Gasteiger partial charge >= 0.3 is 0 Å².